The van der Waals surface area contributed by atoms with Crippen LogP contribution < -0.4 is 11.5 Å². The Labute approximate surface area is 134 Å². The van der Waals surface area contributed by atoms with Crippen LogP contribution in [-0.4, -0.2) is 11.8 Å². The van der Waals surface area contributed by atoms with Crippen LogP contribution in [0, 0.1) is 12.2 Å². The Kier molecular flexibility index (Phi) is 23.1. The summed E-state index contributed by atoms with van der Waals surface area (Å²) < 4.78 is 0. The number of hydrogen-bond acceptors (Lipinski definition) is 2. The summed E-state index contributed by atoms with van der Waals surface area (Å²) in [6, 6.07) is 0. The van der Waals surface area contributed by atoms with Gasteiger partial charge in [0, 0.05) is 13.8 Å². The molecule has 2 aliphatic rings. The minimum Gasteiger partial charge on any atom is -0.370 e. The van der Waals surface area contributed by atoms with E-state index in [2.05, 4.69) is 35.8 Å². The molecule has 0 aliphatic heterocycles. The Balaban J connectivity index is -0.000000178. The number of allylic oxidation sites excluding steroid dienone is 8. The summed E-state index contributed by atoms with van der Waals surface area (Å²) in [5, 5.41) is 0. The van der Waals surface area contributed by atoms with Gasteiger partial charge >= 0.3 is 26.2 Å². The Hall–Kier alpha value is -1.22. The van der Waals surface area contributed by atoms with E-state index in [1.807, 2.05) is 24.3 Å². The van der Waals surface area contributed by atoms with E-state index in [4.69, 9.17) is 0 Å². The summed E-state index contributed by atoms with van der Waals surface area (Å²) in [4.78, 5) is 18.4. The zero-order valence-electron chi connectivity index (χ0n) is 11.3. The fraction of sp³-hybridized carbons (Fsp3) is 0.286. The zero-order valence-corrected chi connectivity index (χ0v) is 13.8. The van der Waals surface area contributed by atoms with Crippen LogP contribution in [0.1, 0.15) is 26.7 Å². The van der Waals surface area contributed by atoms with E-state index in [1.54, 1.807) is 0 Å². The predicted molar refractivity (Wildman–Crippen MR) is 72.9 cm³/mol. The number of primary amides is 2. The van der Waals surface area contributed by atoms with Gasteiger partial charge in [-0.3, -0.25) is 21.7 Å². The van der Waals surface area contributed by atoms with Crippen LogP contribution >= 0.6 is 0 Å². The Morgan fingerprint density at radius 3 is 1.21 bits per heavy atom. The van der Waals surface area contributed by atoms with Crippen molar-refractivity contribution in [1.82, 2.24) is 0 Å². The molecule has 0 heterocycles. The number of nitrogens with two attached hydrogens (primary N) is 2. The second-order valence-corrected chi connectivity index (χ2v) is 3.23. The normalized spacial score (nSPS) is 11.9. The molecule has 0 saturated heterocycles. The molecule has 19 heavy (non-hydrogen) atoms. The fourth-order valence-electron chi connectivity index (χ4n) is 0.680. The Morgan fingerprint density at radius 1 is 0.895 bits per heavy atom. The summed E-state index contributed by atoms with van der Waals surface area (Å²) >= 11 is 0. The van der Waals surface area contributed by atoms with E-state index in [0.717, 1.165) is 12.8 Å². The maximum atomic E-state index is 9.22. The van der Waals surface area contributed by atoms with Crippen LogP contribution in [-0.2, 0) is 35.8 Å². The molecule has 2 amide bonds. The molecule has 102 valence electrons. The van der Waals surface area contributed by atoms with Crippen LogP contribution in [0.5, 0.6) is 0 Å². The van der Waals surface area contributed by atoms with Crippen LogP contribution in [0.4, 0.5) is 0 Å². The maximum Gasteiger partial charge on any atom is 2.00 e. The molecule has 0 spiro atoms. The minimum atomic E-state index is -0.333. The number of rotatable bonds is 0. The van der Waals surface area contributed by atoms with Gasteiger partial charge in [0.2, 0.25) is 11.8 Å². The average molecular weight is 340 g/mol. The first kappa shape index (κ1) is 22.9. The molecule has 0 radical (unpaired) electrons. The second-order valence-electron chi connectivity index (χ2n) is 3.23. The van der Waals surface area contributed by atoms with Gasteiger partial charge in [-0.15, -0.1) is 12.8 Å². The summed E-state index contributed by atoms with van der Waals surface area (Å²) in [6.45, 7) is 2.61. The molecule has 5 heteroatoms. The van der Waals surface area contributed by atoms with Crippen LogP contribution in [0.15, 0.2) is 36.5 Å². The zero-order chi connectivity index (χ0) is 14.2. The molecule has 0 bridgehead atoms. The van der Waals surface area contributed by atoms with Gasteiger partial charge in [0.1, 0.15) is 0 Å². The third-order valence-electron chi connectivity index (χ3n) is 1.17. The first-order valence-electron chi connectivity index (χ1n) is 5.42. The van der Waals surface area contributed by atoms with E-state index in [1.165, 1.54) is 13.8 Å². The first-order chi connectivity index (χ1) is 8.46. The minimum absolute atomic E-state index is 0. The third kappa shape index (κ3) is 47.5. The molecule has 2 aliphatic carbocycles. The van der Waals surface area contributed by atoms with Crippen LogP contribution in [0.2, 0.25) is 0 Å². The largest absolute Gasteiger partial charge is 2.00 e. The number of carbonyl (C=O) groups is 2. The first-order valence-corrected chi connectivity index (χ1v) is 5.42. The van der Waals surface area contributed by atoms with Gasteiger partial charge in [-0.25, -0.2) is 24.3 Å². The summed E-state index contributed by atoms with van der Waals surface area (Å²) in [5.41, 5.74) is 8.94. The van der Waals surface area contributed by atoms with E-state index >= 15 is 0 Å². The SMILES string of the molecule is CC(N)=O.CC(N)=O.[C-]1=CC=CC1.[C-]1=CC=CC1.[Zr+2]. The van der Waals surface area contributed by atoms with Crippen molar-refractivity contribution in [1.29, 1.82) is 0 Å². The molecule has 0 fully saturated rings. The van der Waals surface area contributed by atoms with Crippen LogP contribution in [0.25, 0.3) is 0 Å². The Morgan fingerprint density at radius 2 is 1.16 bits per heavy atom. The molecule has 4 nitrogen and oxygen atoms in total. The second kappa shape index (κ2) is 19.1. The molecule has 0 unspecified atom stereocenters. The number of carbonyl (C=O) groups excluding carboxylic acids is 2. The van der Waals surface area contributed by atoms with Crippen molar-refractivity contribution in [2.45, 2.75) is 26.7 Å². The molecule has 0 aromatic carbocycles. The average Bonchev–Trinajstić information content (AvgIpc) is 2.96. The molecule has 0 atom stereocenters. The molecule has 0 aromatic rings. The van der Waals surface area contributed by atoms with Gasteiger partial charge in [-0.1, -0.05) is 0 Å². The van der Waals surface area contributed by atoms with Gasteiger partial charge in [-0.05, 0) is 0 Å². The molecule has 0 saturated carbocycles. The van der Waals surface area contributed by atoms with Gasteiger partial charge < -0.3 is 11.5 Å². The molecule has 0 aromatic heterocycles. The predicted octanol–water partition coefficient (Wildman–Crippen LogP) is 1.59. The topological polar surface area (TPSA) is 86.2 Å². The van der Waals surface area contributed by atoms with Gasteiger partial charge in [0.05, 0.1) is 0 Å². The van der Waals surface area contributed by atoms with E-state index < -0.39 is 0 Å². The Bertz CT molecular complexity index is 283. The number of hydrogen-bond donors (Lipinski definition) is 2. The fourth-order valence-corrected chi connectivity index (χ4v) is 0.680. The smallest absolute Gasteiger partial charge is 0.370 e. The monoisotopic (exact) mass is 338 g/mol. The van der Waals surface area contributed by atoms with Crippen molar-refractivity contribution in [3.8, 4) is 0 Å². The quantitative estimate of drug-likeness (QED) is 0.657. The molecular formula is C14H20N2O2Zr. The molecule has 4 N–H and O–H groups in total. The van der Waals surface area contributed by atoms with Gasteiger partial charge in [0.25, 0.3) is 0 Å². The summed E-state index contributed by atoms with van der Waals surface area (Å²) in [7, 11) is 0. The molecule has 2 rings (SSSR count). The van der Waals surface area contributed by atoms with Crippen molar-refractivity contribution in [2.24, 2.45) is 11.5 Å². The number of amides is 2. The van der Waals surface area contributed by atoms with Crippen molar-refractivity contribution >= 4 is 11.8 Å². The maximum absolute atomic E-state index is 9.22. The standard InChI is InChI=1S/2C5H5.2C2H5NO.Zr/c2*1-2-4-5-3-1;2*1-2(3)4;/h2*1-3H,4H2;2*1H3,(H2,3,4);/q2*-1;;;+2. The van der Waals surface area contributed by atoms with Crippen LogP contribution in [0.3, 0.4) is 0 Å². The van der Waals surface area contributed by atoms with Gasteiger partial charge in [0.15, 0.2) is 0 Å². The van der Waals surface area contributed by atoms with E-state index in [-0.39, 0.29) is 38.0 Å². The van der Waals surface area contributed by atoms with Gasteiger partial charge in [-0.2, -0.15) is 12.2 Å². The van der Waals surface area contributed by atoms with E-state index in [9.17, 15) is 9.59 Å². The van der Waals surface area contributed by atoms with E-state index in [0.29, 0.717) is 0 Å². The van der Waals surface area contributed by atoms with Crippen molar-refractivity contribution < 1.29 is 35.8 Å². The summed E-state index contributed by atoms with van der Waals surface area (Å²) in [6.07, 6.45) is 20.0. The van der Waals surface area contributed by atoms with Crippen molar-refractivity contribution in [3.05, 3.63) is 48.6 Å². The van der Waals surface area contributed by atoms with Crippen molar-refractivity contribution in [3.63, 3.8) is 0 Å². The van der Waals surface area contributed by atoms with Crippen molar-refractivity contribution in [2.75, 3.05) is 0 Å². The molecular weight excluding hydrogens is 319 g/mol. The summed E-state index contributed by atoms with van der Waals surface area (Å²) in [5.74, 6) is -0.667. The third-order valence-corrected chi connectivity index (χ3v) is 1.17.